The van der Waals surface area contributed by atoms with Gasteiger partial charge in [-0.05, 0) is 49.5 Å². The Morgan fingerprint density at radius 3 is 2.53 bits per heavy atom. The minimum absolute atomic E-state index is 0.307. The first kappa shape index (κ1) is 14.1. The molecule has 1 rings (SSSR count). The van der Waals surface area contributed by atoms with E-state index in [0.717, 1.165) is 32.5 Å². The number of hydrogen-bond acceptors (Lipinski definition) is 3. The van der Waals surface area contributed by atoms with Crippen molar-refractivity contribution in [2.75, 3.05) is 26.7 Å². The molecular formula is C14H25N3. The predicted molar refractivity (Wildman–Crippen MR) is 72.9 cm³/mol. The van der Waals surface area contributed by atoms with Crippen molar-refractivity contribution in [1.29, 1.82) is 0 Å². The van der Waals surface area contributed by atoms with Gasteiger partial charge in [-0.3, -0.25) is 4.98 Å². The third-order valence-corrected chi connectivity index (χ3v) is 3.05. The molecular weight excluding hydrogens is 210 g/mol. The van der Waals surface area contributed by atoms with Crippen molar-refractivity contribution in [3.63, 3.8) is 0 Å². The lowest BCUT2D eigenvalue weighted by atomic mass is 9.89. The van der Waals surface area contributed by atoms with Gasteiger partial charge in [-0.1, -0.05) is 13.8 Å². The summed E-state index contributed by atoms with van der Waals surface area (Å²) in [6, 6.07) is 4.16. The zero-order chi connectivity index (χ0) is 12.7. The Bertz CT molecular complexity index is 309. The van der Waals surface area contributed by atoms with E-state index in [1.807, 2.05) is 12.4 Å². The maximum Gasteiger partial charge on any atom is 0.0270 e. The van der Waals surface area contributed by atoms with Crippen LogP contribution < -0.4 is 5.73 Å². The molecule has 0 aliphatic rings. The van der Waals surface area contributed by atoms with Gasteiger partial charge in [0.25, 0.3) is 0 Å². The molecule has 0 bridgehead atoms. The van der Waals surface area contributed by atoms with Gasteiger partial charge in [0.05, 0.1) is 0 Å². The molecule has 0 saturated carbocycles. The minimum atomic E-state index is 0.307. The van der Waals surface area contributed by atoms with E-state index >= 15 is 0 Å². The maximum atomic E-state index is 5.63. The Labute approximate surface area is 105 Å². The van der Waals surface area contributed by atoms with Crippen LogP contribution in [0.3, 0.4) is 0 Å². The number of hydrogen-bond donors (Lipinski definition) is 1. The third-order valence-electron chi connectivity index (χ3n) is 3.05. The molecule has 1 aromatic heterocycles. The van der Waals surface area contributed by atoms with Gasteiger partial charge in [-0.15, -0.1) is 0 Å². The second-order valence-electron chi connectivity index (χ2n) is 5.55. The van der Waals surface area contributed by atoms with Gasteiger partial charge in [0.15, 0.2) is 0 Å². The van der Waals surface area contributed by atoms with Crippen LogP contribution in [0.1, 0.15) is 25.8 Å². The average Bonchev–Trinajstić information content (AvgIpc) is 2.27. The van der Waals surface area contributed by atoms with E-state index in [0.29, 0.717) is 5.41 Å². The van der Waals surface area contributed by atoms with Gasteiger partial charge in [0.1, 0.15) is 0 Å². The second kappa shape index (κ2) is 6.72. The smallest absolute Gasteiger partial charge is 0.0270 e. The molecule has 3 nitrogen and oxygen atoms in total. The first-order chi connectivity index (χ1) is 8.03. The zero-order valence-electron chi connectivity index (χ0n) is 11.3. The molecule has 3 heteroatoms. The van der Waals surface area contributed by atoms with Crippen LogP contribution >= 0.6 is 0 Å². The van der Waals surface area contributed by atoms with Crippen LogP contribution in [0, 0.1) is 5.41 Å². The van der Waals surface area contributed by atoms with Gasteiger partial charge in [0, 0.05) is 25.5 Å². The summed E-state index contributed by atoms with van der Waals surface area (Å²) in [5.74, 6) is 0. The highest BCUT2D eigenvalue weighted by Gasteiger charge is 2.18. The molecule has 1 aromatic rings. The van der Waals surface area contributed by atoms with Crippen molar-refractivity contribution >= 4 is 0 Å². The molecule has 0 saturated heterocycles. The SMILES string of the molecule is CN(CCc1ccncc1)CC(C)(C)CCN. The number of nitrogens with two attached hydrogens (primary N) is 1. The first-order valence-electron chi connectivity index (χ1n) is 6.31. The van der Waals surface area contributed by atoms with Crippen molar-refractivity contribution in [2.45, 2.75) is 26.7 Å². The lowest BCUT2D eigenvalue weighted by molar-refractivity contribution is 0.202. The van der Waals surface area contributed by atoms with Crippen molar-refractivity contribution in [2.24, 2.45) is 11.1 Å². The molecule has 0 spiro atoms. The minimum Gasteiger partial charge on any atom is -0.330 e. The van der Waals surface area contributed by atoms with Gasteiger partial charge >= 0.3 is 0 Å². The summed E-state index contributed by atoms with van der Waals surface area (Å²) in [5.41, 5.74) is 7.29. The normalized spacial score (nSPS) is 12.1. The molecule has 17 heavy (non-hydrogen) atoms. The maximum absolute atomic E-state index is 5.63. The lowest BCUT2D eigenvalue weighted by Gasteiger charge is -2.30. The van der Waals surface area contributed by atoms with E-state index in [-0.39, 0.29) is 0 Å². The quantitative estimate of drug-likeness (QED) is 0.785. The molecule has 0 radical (unpaired) electrons. The van der Waals surface area contributed by atoms with Crippen molar-refractivity contribution in [3.8, 4) is 0 Å². The summed E-state index contributed by atoms with van der Waals surface area (Å²) >= 11 is 0. The number of aromatic nitrogens is 1. The average molecular weight is 235 g/mol. The van der Waals surface area contributed by atoms with Crippen LogP contribution in [0.25, 0.3) is 0 Å². The molecule has 0 aliphatic heterocycles. The molecule has 96 valence electrons. The topological polar surface area (TPSA) is 42.2 Å². The van der Waals surface area contributed by atoms with E-state index in [4.69, 9.17) is 5.73 Å². The number of nitrogens with zero attached hydrogens (tertiary/aromatic N) is 2. The first-order valence-corrected chi connectivity index (χ1v) is 6.31. The van der Waals surface area contributed by atoms with Crippen molar-refractivity contribution in [1.82, 2.24) is 9.88 Å². The zero-order valence-corrected chi connectivity index (χ0v) is 11.3. The molecule has 0 fully saturated rings. The molecule has 0 atom stereocenters. The highest BCUT2D eigenvalue weighted by molar-refractivity contribution is 5.09. The summed E-state index contributed by atoms with van der Waals surface area (Å²) < 4.78 is 0. The fourth-order valence-corrected chi connectivity index (χ4v) is 2.15. The van der Waals surface area contributed by atoms with Crippen molar-refractivity contribution < 1.29 is 0 Å². The highest BCUT2D eigenvalue weighted by Crippen LogP contribution is 2.20. The lowest BCUT2D eigenvalue weighted by Crippen LogP contribution is -2.34. The van der Waals surface area contributed by atoms with Crippen LogP contribution in [0.15, 0.2) is 24.5 Å². The van der Waals surface area contributed by atoms with E-state index < -0.39 is 0 Å². The van der Waals surface area contributed by atoms with Crippen LogP contribution in [0.2, 0.25) is 0 Å². The van der Waals surface area contributed by atoms with E-state index in [9.17, 15) is 0 Å². The Hall–Kier alpha value is -0.930. The van der Waals surface area contributed by atoms with Gasteiger partial charge < -0.3 is 10.6 Å². The van der Waals surface area contributed by atoms with Gasteiger partial charge in [-0.2, -0.15) is 0 Å². The Balaban J connectivity index is 2.33. The fourth-order valence-electron chi connectivity index (χ4n) is 2.15. The van der Waals surface area contributed by atoms with E-state index in [1.165, 1.54) is 5.56 Å². The second-order valence-corrected chi connectivity index (χ2v) is 5.55. The fraction of sp³-hybridized carbons (Fsp3) is 0.643. The van der Waals surface area contributed by atoms with Crippen LogP contribution in [-0.4, -0.2) is 36.6 Å². The summed E-state index contributed by atoms with van der Waals surface area (Å²) in [7, 11) is 2.18. The Kier molecular flexibility index (Phi) is 5.59. The molecule has 0 amide bonds. The van der Waals surface area contributed by atoms with Crippen LogP contribution in [0.5, 0.6) is 0 Å². The molecule has 2 N–H and O–H groups in total. The molecule has 0 aromatic carbocycles. The summed E-state index contributed by atoms with van der Waals surface area (Å²) in [6.45, 7) is 7.50. The standard InChI is InChI=1S/C14H25N3/c1-14(2,7-8-15)12-17(3)11-6-13-4-9-16-10-5-13/h4-5,9-10H,6-8,11-12,15H2,1-3H3. The Morgan fingerprint density at radius 2 is 1.94 bits per heavy atom. The summed E-state index contributed by atoms with van der Waals surface area (Å²) in [5, 5.41) is 0. The number of likely N-dealkylation sites (N-methyl/N-ethyl adjacent to an activating group) is 1. The van der Waals surface area contributed by atoms with Gasteiger partial charge in [-0.25, -0.2) is 0 Å². The Morgan fingerprint density at radius 1 is 1.29 bits per heavy atom. The number of pyridine rings is 1. The van der Waals surface area contributed by atoms with E-state index in [1.54, 1.807) is 0 Å². The molecule has 1 heterocycles. The van der Waals surface area contributed by atoms with Crippen LogP contribution in [0.4, 0.5) is 0 Å². The van der Waals surface area contributed by atoms with Gasteiger partial charge in [0.2, 0.25) is 0 Å². The summed E-state index contributed by atoms with van der Waals surface area (Å²) in [6.07, 6.45) is 5.87. The largest absolute Gasteiger partial charge is 0.330 e. The monoisotopic (exact) mass is 235 g/mol. The van der Waals surface area contributed by atoms with Crippen LogP contribution in [-0.2, 0) is 6.42 Å². The third kappa shape index (κ3) is 5.80. The highest BCUT2D eigenvalue weighted by atomic mass is 15.1. The molecule has 0 unspecified atom stereocenters. The molecule has 0 aliphatic carbocycles. The van der Waals surface area contributed by atoms with E-state index in [2.05, 4.69) is 42.9 Å². The predicted octanol–water partition coefficient (Wildman–Crippen LogP) is 1.93. The van der Waals surface area contributed by atoms with Crippen molar-refractivity contribution in [3.05, 3.63) is 30.1 Å². The summed E-state index contributed by atoms with van der Waals surface area (Å²) in [4.78, 5) is 6.41. The number of rotatable bonds is 7.